The molecule has 2 aliphatic carbocycles. The number of nitrogens with one attached hydrogen (secondary N) is 1. The fourth-order valence-electron chi connectivity index (χ4n) is 8.04. The van der Waals surface area contributed by atoms with Crippen LogP contribution in [0.4, 0.5) is 0 Å². The van der Waals surface area contributed by atoms with E-state index in [1.165, 1.54) is 0 Å². The van der Waals surface area contributed by atoms with Gasteiger partial charge in [-0.05, 0) is 66.0 Å². The molecule has 12 heteroatoms. The van der Waals surface area contributed by atoms with Gasteiger partial charge in [-0.2, -0.15) is 0 Å². The summed E-state index contributed by atoms with van der Waals surface area (Å²) in [6, 6.07) is 11.7. The number of fused-ring (bicyclic) bond motifs is 9. The largest absolute Gasteiger partial charge is 0.489 e. The third kappa shape index (κ3) is 4.55. The molecule has 2 amide bonds. The molecule has 2 N–H and O–H groups in total. The van der Waals surface area contributed by atoms with Crippen molar-refractivity contribution in [2.24, 2.45) is 35.5 Å². The van der Waals surface area contributed by atoms with E-state index in [9.17, 15) is 24.3 Å². The Bertz CT molecular complexity index is 1720. The molecule has 43 heavy (non-hydrogen) atoms. The minimum absolute atomic E-state index is 0.0483. The van der Waals surface area contributed by atoms with Gasteiger partial charge in [-0.1, -0.05) is 60.5 Å². The average molecular weight is 660 g/mol. The number of likely N-dealkylation sites (tertiary alicyclic amines) is 1. The number of aliphatic carboxylic acids is 1. The smallest absolute Gasteiger partial charge is 0.327 e. The van der Waals surface area contributed by atoms with Crippen LogP contribution in [0.2, 0.25) is 10.0 Å². The third-order valence-corrected chi connectivity index (χ3v) is 12.6. The number of H-pyrrole nitrogens is 1. The van der Waals surface area contributed by atoms with Gasteiger partial charge in [0.25, 0.3) is 0 Å². The monoisotopic (exact) mass is 658 g/mol. The second-order valence-electron chi connectivity index (χ2n) is 12.1. The topological polar surface area (TPSA) is 117 Å². The number of halogens is 2. The zero-order valence-electron chi connectivity index (χ0n) is 23.2. The summed E-state index contributed by atoms with van der Waals surface area (Å²) in [6.07, 6.45) is 0.692. The van der Waals surface area contributed by atoms with Crippen LogP contribution in [0.3, 0.4) is 0 Å². The van der Waals surface area contributed by atoms with Crippen molar-refractivity contribution in [2.75, 3.05) is 0 Å². The molecule has 7 unspecified atom stereocenters. The molecule has 1 saturated heterocycles. The molecule has 224 valence electrons. The van der Waals surface area contributed by atoms with Crippen LogP contribution in [0.15, 0.2) is 52.3 Å². The molecule has 3 fully saturated rings. The van der Waals surface area contributed by atoms with Crippen LogP contribution in [0.25, 0.3) is 0 Å². The minimum Gasteiger partial charge on any atom is -0.489 e. The average Bonchev–Trinajstić information content (AvgIpc) is 3.68. The molecule has 8 atom stereocenters. The molecule has 3 aromatic rings. The number of hydrogen-bond acceptors (Lipinski definition) is 7. The maximum Gasteiger partial charge on any atom is 0.327 e. The number of rotatable bonds is 7. The summed E-state index contributed by atoms with van der Waals surface area (Å²) in [5.74, 6) is -3.55. The number of ether oxygens (including phenoxy) is 1. The number of imide groups is 1. The van der Waals surface area contributed by atoms with Gasteiger partial charge in [0, 0.05) is 31.7 Å². The Labute approximate surface area is 265 Å². The number of thioether (sulfide) groups is 1. The first-order valence-corrected chi connectivity index (χ1v) is 16.7. The van der Waals surface area contributed by atoms with Gasteiger partial charge in [0.05, 0.1) is 16.9 Å². The molecule has 2 bridgehead atoms. The van der Waals surface area contributed by atoms with E-state index < -0.39 is 29.8 Å². The molecule has 2 saturated carbocycles. The summed E-state index contributed by atoms with van der Waals surface area (Å²) < 4.78 is 6.36. The van der Waals surface area contributed by atoms with Gasteiger partial charge in [-0.15, -0.1) is 11.8 Å². The van der Waals surface area contributed by atoms with Crippen molar-refractivity contribution >= 4 is 64.1 Å². The van der Waals surface area contributed by atoms with E-state index in [1.54, 1.807) is 37.7 Å². The van der Waals surface area contributed by atoms with E-state index in [0.29, 0.717) is 22.2 Å². The highest BCUT2D eigenvalue weighted by atomic mass is 35.5. The number of thiazole rings is 1. The lowest BCUT2D eigenvalue weighted by Gasteiger charge is -2.43. The Morgan fingerprint density at radius 1 is 1.07 bits per heavy atom. The molecule has 2 aromatic carbocycles. The van der Waals surface area contributed by atoms with E-state index in [2.05, 4.69) is 4.98 Å². The van der Waals surface area contributed by atoms with Crippen molar-refractivity contribution in [1.29, 1.82) is 0 Å². The van der Waals surface area contributed by atoms with E-state index in [0.717, 1.165) is 37.3 Å². The van der Waals surface area contributed by atoms with Crippen LogP contribution in [0, 0.1) is 35.5 Å². The molecule has 1 aromatic heterocycles. The number of aromatic nitrogens is 1. The number of benzene rings is 2. The van der Waals surface area contributed by atoms with Gasteiger partial charge in [0.1, 0.15) is 18.4 Å². The summed E-state index contributed by atoms with van der Waals surface area (Å²) in [5.41, 5.74) is 1.72. The van der Waals surface area contributed by atoms with Crippen LogP contribution in [-0.4, -0.2) is 44.1 Å². The predicted octanol–water partition coefficient (Wildman–Crippen LogP) is 5.90. The number of nitrogens with zero attached hydrogens (tertiary/aromatic N) is 1. The van der Waals surface area contributed by atoms with Crippen molar-refractivity contribution in [1.82, 2.24) is 9.88 Å². The Morgan fingerprint density at radius 2 is 1.79 bits per heavy atom. The standard InChI is InChI=1S/C31H28Cl2N2O6S2/c1-12(2)24(30(38)39)35-28(36)22-17-10-18(23(22)29(35)37)25-21(17)20(26-27(42-25)34-31(40)43-26)16-9-15(33)6-7-19(16)41-11-13-4-3-5-14(32)8-13/h3-9,12,17-18,20-25H,10-11H2,1-2H3,(H,34,40)(H,38,39)/t17?,18?,20-,21?,22?,23?,24?,25?/m1/s1. The Hall–Kier alpha value is -2.79. The molecule has 7 rings (SSSR count). The molecule has 4 aliphatic rings. The highest BCUT2D eigenvalue weighted by Gasteiger charge is 2.70. The van der Waals surface area contributed by atoms with Crippen molar-refractivity contribution in [2.45, 2.75) is 49.1 Å². The lowest BCUT2D eigenvalue weighted by atomic mass is 9.68. The number of aromatic amines is 1. The first kappa shape index (κ1) is 29.0. The first-order valence-electron chi connectivity index (χ1n) is 14.2. The molecular formula is C31H28Cl2N2O6S2. The number of carbonyl (C=O) groups is 3. The number of carbonyl (C=O) groups excluding carboxylic acids is 2. The van der Waals surface area contributed by atoms with E-state index >= 15 is 0 Å². The quantitative estimate of drug-likeness (QED) is 0.303. The van der Waals surface area contributed by atoms with Crippen molar-refractivity contribution in [3.05, 3.63) is 78.2 Å². The second-order valence-corrected chi connectivity index (χ2v) is 15.2. The van der Waals surface area contributed by atoms with Gasteiger partial charge in [0.2, 0.25) is 11.8 Å². The molecule has 2 aliphatic heterocycles. The summed E-state index contributed by atoms with van der Waals surface area (Å²) in [7, 11) is 0. The van der Waals surface area contributed by atoms with Gasteiger partial charge in [0.15, 0.2) is 0 Å². The van der Waals surface area contributed by atoms with Gasteiger partial charge >= 0.3 is 10.8 Å². The fraction of sp³-hybridized carbons (Fsp3) is 0.419. The Morgan fingerprint density at radius 3 is 2.49 bits per heavy atom. The van der Waals surface area contributed by atoms with Gasteiger partial charge < -0.3 is 14.8 Å². The highest BCUT2D eigenvalue weighted by Crippen LogP contribution is 2.69. The second kappa shape index (κ2) is 10.7. The van der Waals surface area contributed by atoms with Crippen LogP contribution in [-0.2, 0) is 21.0 Å². The fourth-order valence-corrected chi connectivity index (χ4v) is 11.3. The van der Waals surface area contributed by atoms with E-state index in [-0.39, 0.29) is 52.2 Å². The number of amides is 2. The third-order valence-electron chi connectivity index (χ3n) is 9.51. The molecule has 0 spiro atoms. The number of carboxylic acid groups (broad SMARTS) is 1. The molecule has 3 heterocycles. The van der Waals surface area contributed by atoms with Gasteiger partial charge in [-0.25, -0.2) is 4.79 Å². The summed E-state index contributed by atoms with van der Waals surface area (Å²) >= 11 is 15.5. The zero-order valence-corrected chi connectivity index (χ0v) is 26.3. The van der Waals surface area contributed by atoms with Crippen molar-refractivity contribution in [3.8, 4) is 5.75 Å². The highest BCUT2D eigenvalue weighted by molar-refractivity contribution is 8.00. The molecular weight excluding hydrogens is 631 g/mol. The lowest BCUT2D eigenvalue weighted by molar-refractivity contribution is -0.157. The summed E-state index contributed by atoms with van der Waals surface area (Å²) in [6.45, 7) is 3.70. The van der Waals surface area contributed by atoms with Crippen LogP contribution in [0.5, 0.6) is 5.75 Å². The van der Waals surface area contributed by atoms with Crippen LogP contribution >= 0.6 is 46.3 Å². The summed E-state index contributed by atoms with van der Waals surface area (Å²) in [5, 5.41) is 11.8. The zero-order chi connectivity index (χ0) is 30.3. The normalized spacial score (nSPS) is 29.5. The summed E-state index contributed by atoms with van der Waals surface area (Å²) in [4.78, 5) is 57.3. The maximum absolute atomic E-state index is 13.9. The van der Waals surface area contributed by atoms with E-state index in [1.807, 2.05) is 30.3 Å². The Balaban J connectivity index is 1.30. The van der Waals surface area contributed by atoms with Crippen molar-refractivity contribution in [3.63, 3.8) is 0 Å². The lowest BCUT2D eigenvalue weighted by Crippen LogP contribution is -2.49. The minimum atomic E-state index is -1.20. The van der Waals surface area contributed by atoms with Crippen molar-refractivity contribution < 1.29 is 24.2 Å². The van der Waals surface area contributed by atoms with E-state index in [4.69, 9.17) is 27.9 Å². The molecule has 0 radical (unpaired) electrons. The first-order chi connectivity index (χ1) is 20.5. The number of carboxylic acids is 1. The molecule has 8 nitrogen and oxygen atoms in total. The van der Waals surface area contributed by atoms with Gasteiger partial charge in [-0.3, -0.25) is 19.3 Å². The predicted molar refractivity (Wildman–Crippen MR) is 164 cm³/mol. The van der Waals surface area contributed by atoms with Crippen LogP contribution in [0.1, 0.15) is 42.2 Å². The Kier molecular flexibility index (Phi) is 7.19. The maximum atomic E-state index is 13.9. The van der Waals surface area contributed by atoms with Crippen LogP contribution < -0.4 is 9.61 Å². The number of hydrogen-bond donors (Lipinski definition) is 2. The SMILES string of the molecule is CC(C)C(C(=O)O)N1C(=O)C2C3CC(C2C1=O)C1C3Sc2[nH]c(=O)sc2[C@@H]1c1cc(Cl)ccc1OCc1cccc(Cl)c1.